The quantitative estimate of drug-likeness (QED) is 0.755. The Morgan fingerprint density at radius 1 is 1.33 bits per heavy atom. The molecule has 130 valence electrons. The molecule has 24 heavy (non-hydrogen) atoms. The standard InChI is InChI=1S/C15H17ClF2N4O2/c16-11-6-4-10(5-7-11)14-21-13(24-22-14)3-1-2-12(23)20-9-15(17,18)8-19/h4-7H,1-3,8-9,19H2,(H,20,23). The van der Waals surface area contributed by atoms with E-state index in [0.29, 0.717) is 29.6 Å². The summed E-state index contributed by atoms with van der Waals surface area (Å²) in [6.45, 7) is -1.56. The zero-order valence-electron chi connectivity index (χ0n) is 12.8. The molecule has 2 rings (SSSR count). The van der Waals surface area contributed by atoms with Crippen molar-refractivity contribution in [2.45, 2.75) is 25.2 Å². The number of carbonyl (C=O) groups is 1. The number of hydrogen-bond donors (Lipinski definition) is 2. The van der Waals surface area contributed by atoms with E-state index in [4.69, 9.17) is 21.9 Å². The van der Waals surface area contributed by atoms with Crippen LogP contribution < -0.4 is 11.1 Å². The number of halogens is 3. The summed E-state index contributed by atoms with van der Waals surface area (Å²) in [4.78, 5) is 15.7. The zero-order valence-corrected chi connectivity index (χ0v) is 13.5. The number of nitrogens with zero attached hydrogens (tertiary/aromatic N) is 2. The second-order valence-electron chi connectivity index (χ2n) is 5.21. The van der Waals surface area contributed by atoms with Crippen molar-refractivity contribution < 1.29 is 18.1 Å². The van der Waals surface area contributed by atoms with Gasteiger partial charge >= 0.3 is 0 Å². The van der Waals surface area contributed by atoms with Gasteiger partial charge in [0.2, 0.25) is 17.6 Å². The lowest BCUT2D eigenvalue weighted by Crippen LogP contribution is -2.41. The highest BCUT2D eigenvalue weighted by atomic mass is 35.5. The SMILES string of the molecule is NCC(F)(F)CNC(=O)CCCc1nc(-c2ccc(Cl)cc2)no1. The van der Waals surface area contributed by atoms with Crippen molar-refractivity contribution in [3.05, 3.63) is 35.2 Å². The summed E-state index contributed by atoms with van der Waals surface area (Å²) in [7, 11) is 0. The van der Waals surface area contributed by atoms with E-state index in [1.54, 1.807) is 24.3 Å². The molecule has 0 aliphatic carbocycles. The van der Waals surface area contributed by atoms with E-state index in [1.807, 2.05) is 0 Å². The molecule has 0 radical (unpaired) electrons. The van der Waals surface area contributed by atoms with Gasteiger partial charge in [-0.25, -0.2) is 8.78 Å². The molecule has 1 amide bonds. The average molecular weight is 359 g/mol. The van der Waals surface area contributed by atoms with Gasteiger partial charge in [0.15, 0.2) is 0 Å². The minimum Gasteiger partial charge on any atom is -0.350 e. The van der Waals surface area contributed by atoms with Crippen molar-refractivity contribution in [2.24, 2.45) is 5.73 Å². The van der Waals surface area contributed by atoms with Crippen molar-refractivity contribution in [2.75, 3.05) is 13.1 Å². The number of benzene rings is 1. The fourth-order valence-electron chi connectivity index (χ4n) is 1.86. The molecule has 2 aromatic rings. The van der Waals surface area contributed by atoms with Crippen LogP contribution in [0.1, 0.15) is 18.7 Å². The van der Waals surface area contributed by atoms with Crippen LogP contribution >= 0.6 is 11.6 Å². The first-order valence-electron chi connectivity index (χ1n) is 7.33. The van der Waals surface area contributed by atoms with Gasteiger partial charge in [0.05, 0.1) is 13.1 Å². The molecule has 0 saturated carbocycles. The third kappa shape index (κ3) is 5.54. The highest BCUT2D eigenvalue weighted by Crippen LogP contribution is 2.19. The smallest absolute Gasteiger partial charge is 0.277 e. The predicted molar refractivity (Wildman–Crippen MR) is 84.7 cm³/mol. The lowest BCUT2D eigenvalue weighted by molar-refractivity contribution is -0.123. The maximum Gasteiger partial charge on any atom is 0.277 e. The number of carbonyl (C=O) groups excluding carboxylic acids is 1. The Bertz CT molecular complexity index is 676. The fraction of sp³-hybridized carbons (Fsp3) is 0.400. The molecular formula is C15H17ClF2N4O2. The van der Waals surface area contributed by atoms with E-state index in [-0.39, 0.29) is 6.42 Å². The molecule has 1 aromatic heterocycles. The Kier molecular flexibility index (Phi) is 6.22. The molecule has 9 heteroatoms. The summed E-state index contributed by atoms with van der Waals surface area (Å²) in [6, 6.07) is 6.97. The maximum absolute atomic E-state index is 12.9. The minimum absolute atomic E-state index is 0.0826. The summed E-state index contributed by atoms with van der Waals surface area (Å²) in [6.07, 6.45) is 0.864. The van der Waals surface area contributed by atoms with Crippen molar-refractivity contribution >= 4 is 17.5 Å². The van der Waals surface area contributed by atoms with Gasteiger partial charge in [0, 0.05) is 23.4 Å². The number of alkyl halides is 2. The molecular weight excluding hydrogens is 342 g/mol. The van der Waals surface area contributed by atoms with E-state index in [1.165, 1.54) is 0 Å². The number of aryl methyl sites for hydroxylation is 1. The lowest BCUT2D eigenvalue weighted by Gasteiger charge is -2.14. The van der Waals surface area contributed by atoms with Crippen LogP contribution in [0.15, 0.2) is 28.8 Å². The van der Waals surface area contributed by atoms with E-state index < -0.39 is 24.9 Å². The lowest BCUT2D eigenvalue weighted by atomic mass is 10.2. The van der Waals surface area contributed by atoms with Crippen molar-refractivity contribution in [3.8, 4) is 11.4 Å². The monoisotopic (exact) mass is 358 g/mol. The number of nitrogens with one attached hydrogen (secondary N) is 1. The molecule has 0 bridgehead atoms. The van der Waals surface area contributed by atoms with Crippen LogP contribution in [0, 0.1) is 0 Å². The van der Waals surface area contributed by atoms with Crippen LogP contribution in [0.2, 0.25) is 5.02 Å². The average Bonchev–Trinajstić information content (AvgIpc) is 3.03. The highest BCUT2D eigenvalue weighted by molar-refractivity contribution is 6.30. The van der Waals surface area contributed by atoms with E-state index in [0.717, 1.165) is 5.56 Å². The minimum atomic E-state index is -3.09. The number of amides is 1. The molecule has 1 aromatic carbocycles. The normalized spacial score (nSPS) is 11.5. The summed E-state index contributed by atoms with van der Waals surface area (Å²) < 4.78 is 30.9. The Morgan fingerprint density at radius 3 is 2.71 bits per heavy atom. The maximum atomic E-state index is 12.9. The summed E-state index contributed by atoms with van der Waals surface area (Å²) in [5.74, 6) is -2.76. The van der Waals surface area contributed by atoms with Gasteiger partial charge in [-0.1, -0.05) is 16.8 Å². The molecule has 6 nitrogen and oxygen atoms in total. The van der Waals surface area contributed by atoms with Crippen LogP contribution in [-0.4, -0.2) is 35.1 Å². The second kappa shape index (κ2) is 8.16. The van der Waals surface area contributed by atoms with Crippen molar-refractivity contribution in [1.82, 2.24) is 15.5 Å². The largest absolute Gasteiger partial charge is 0.350 e. The Balaban J connectivity index is 1.77. The predicted octanol–water partition coefficient (Wildman–Crippen LogP) is 2.42. The Labute approximate surface area is 142 Å². The highest BCUT2D eigenvalue weighted by Gasteiger charge is 2.26. The molecule has 0 spiro atoms. The van der Waals surface area contributed by atoms with Crippen LogP contribution in [0.5, 0.6) is 0 Å². The molecule has 0 aliphatic rings. The van der Waals surface area contributed by atoms with Gasteiger partial charge in [-0.3, -0.25) is 4.79 Å². The molecule has 0 unspecified atom stereocenters. The number of hydrogen-bond acceptors (Lipinski definition) is 5. The van der Waals surface area contributed by atoms with Gasteiger partial charge in [-0.2, -0.15) is 4.98 Å². The first kappa shape index (κ1) is 18.3. The van der Waals surface area contributed by atoms with E-state index in [2.05, 4.69) is 15.5 Å². The second-order valence-corrected chi connectivity index (χ2v) is 5.65. The summed E-state index contributed by atoms with van der Waals surface area (Å²) in [5, 5.41) is 6.60. The van der Waals surface area contributed by atoms with Crippen LogP contribution in [0.4, 0.5) is 8.78 Å². The van der Waals surface area contributed by atoms with Gasteiger partial charge < -0.3 is 15.6 Å². The van der Waals surface area contributed by atoms with Gasteiger partial charge in [0.1, 0.15) is 0 Å². The molecule has 0 atom stereocenters. The Morgan fingerprint density at radius 2 is 2.04 bits per heavy atom. The number of nitrogens with two attached hydrogens (primary N) is 1. The van der Waals surface area contributed by atoms with Crippen molar-refractivity contribution in [3.63, 3.8) is 0 Å². The van der Waals surface area contributed by atoms with E-state index >= 15 is 0 Å². The van der Waals surface area contributed by atoms with Gasteiger partial charge in [0.25, 0.3) is 5.92 Å². The van der Waals surface area contributed by atoms with Gasteiger partial charge in [-0.05, 0) is 30.7 Å². The molecule has 0 saturated heterocycles. The summed E-state index contributed by atoms with van der Waals surface area (Å²) in [5.41, 5.74) is 5.65. The first-order valence-corrected chi connectivity index (χ1v) is 7.70. The first-order chi connectivity index (χ1) is 11.4. The molecule has 1 heterocycles. The van der Waals surface area contributed by atoms with Crippen LogP contribution in [0.25, 0.3) is 11.4 Å². The molecule has 0 fully saturated rings. The van der Waals surface area contributed by atoms with Crippen LogP contribution in [0.3, 0.4) is 0 Å². The number of aromatic nitrogens is 2. The molecule has 3 N–H and O–H groups in total. The van der Waals surface area contributed by atoms with E-state index in [9.17, 15) is 13.6 Å². The van der Waals surface area contributed by atoms with Crippen molar-refractivity contribution in [1.29, 1.82) is 0 Å². The third-order valence-corrected chi connectivity index (χ3v) is 3.46. The fourth-order valence-corrected chi connectivity index (χ4v) is 1.99. The molecule has 0 aliphatic heterocycles. The topological polar surface area (TPSA) is 94.0 Å². The third-order valence-electron chi connectivity index (χ3n) is 3.21. The zero-order chi connectivity index (χ0) is 17.6. The van der Waals surface area contributed by atoms with Crippen LogP contribution in [-0.2, 0) is 11.2 Å². The Hall–Kier alpha value is -2.06. The summed E-state index contributed by atoms with van der Waals surface area (Å²) >= 11 is 5.81. The van der Waals surface area contributed by atoms with Gasteiger partial charge in [-0.15, -0.1) is 0 Å². The number of rotatable bonds is 8.